The van der Waals surface area contributed by atoms with Gasteiger partial charge in [-0.05, 0) is 24.3 Å². The third kappa shape index (κ3) is 3.61. The van der Waals surface area contributed by atoms with Gasteiger partial charge in [-0.1, -0.05) is 23.7 Å². The minimum atomic E-state index is -0.589. The van der Waals surface area contributed by atoms with E-state index in [-0.39, 0.29) is 18.0 Å². The standard InChI is InChI=1S/C14H12ClFN2O2/c15-10-3-1-2-4-13(10)18-14(19)8-20-9-5-6-12(17)11(16)7-9/h1-7H,8,17H2,(H,18,19). The van der Waals surface area contributed by atoms with Crippen LogP contribution in [-0.4, -0.2) is 12.5 Å². The Kier molecular flexibility index (Phi) is 4.42. The number of halogens is 2. The fourth-order valence-electron chi connectivity index (χ4n) is 1.50. The number of amides is 1. The Morgan fingerprint density at radius 3 is 2.75 bits per heavy atom. The molecule has 20 heavy (non-hydrogen) atoms. The monoisotopic (exact) mass is 294 g/mol. The maximum atomic E-state index is 13.2. The molecule has 0 bridgehead atoms. The van der Waals surface area contributed by atoms with Gasteiger partial charge in [0.1, 0.15) is 11.6 Å². The second kappa shape index (κ2) is 6.25. The van der Waals surface area contributed by atoms with Crippen LogP contribution in [0.2, 0.25) is 5.02 Å². The molecule has 104 valence electrons. The lowest BCUT2D eigenvalue weighted by molar-refractivity contribution is -0.118. The van der Waals surface area contributed by atoms with Crippen molar-refractivity contribution >= 4 is 28.9 Å². The normalized spacial score (nSPS) is 10.1. The molecule has 4 nitrogen and oxygen atoms in total. The van der Waals surface area contributed by atoms with Crippen molar-refractivity contribution in [3.8, 4) is 5.75 Å². The third-order valence-corrected chi connectivity index (χ3v) is 2.82. The topological polar surface area (TPSA) is 64.3 Å². The quantitative estimate of drug-likeness (QED) is 0.852. The number of carbonyl (C=O) groups excluding carboxylic acids is 1. The average Bonchev–Trinajstić information content (AvgIpc) is 2.43. The summed E-state index contributed by atoms with van der Waals surface area (Å²) in [5.74, 6) is -0.754. The molecule has 6 heteroatoms. The second-order valence-corrected chi connectivity index (χ2v) is 4.41. The molecule has 0 aliphatic rings. The molecular formula is C14H12ClFN2O2. The third-order valence-electron chi connectivity index (χ3n) is 2.49. The van der Waals surface area contributed by atoms with E-state index in [9.17, 15) is 9.18 Å². The van der Waals surface area contributed by atoms with Crippen LogP contribution in [0.3, 0.4) is 0 Å². The van der Waals surface area contributed by atoms with Gasteiger partial charge in [0.15, 0.2) is 6.61 Å². The lowest BCUT2D eigenvalue weighted by Crippen LogP contribution is -2.20. The molecule has 0 aliphatic carbocycles. The summed E-state index contributed by atoms with van der Waals surface area (Å²) in [4.78, 5) is 11.7. The summed E-state index contributed by atoms with van der Waals surface area (Å²) in [6.07, 6.45) is 0. The van der Waals surface area contributed by atoms with Gasteiger partial charge in [0, 0.05) is 6.07 Å². The number of ether oxygens (including phenoxy) is 1. The first-order valence-corrected chi connectivity index (χ1v) is 6.16. The molecule has 0 fully saturated rings. The molecule has 0 saturated carbocycles. The Hall–Kier alpha value is -2.27. The summed E-state index contributed by atoms with van der Waals surface area (Å²) in [5, 5.41) is 3.02. The number of hydrogen-bond donors (Lipinski definition) is 2. The minimum Gasteiger partial charge on any atom is -0.484 e. The number of hydrogen-bond acceptors (Lipinski definition) is 3. The van der Waals surface area contributed by atoms with E-state index in [1.165, 1.54) is 12.1 Å². The summed E-state index contributed by atoms with van der Waals surface area (Å²) in [6.45, 7) is -0.255. The van der Waals surface area contributed by atoms with Gasteiger partial charge < -0.3 is 15.8 Å². The van der Waals surface area contributed by atoms with Crippen molar-refractivity contribution in [2.45, 2.75) is 0 Å². The molecule has 0 aliphatic heterocycles. The van der Waals surface area contributed by atoms with E-state index >= 15 is 0 Å². The molecule has 0 aromatic heterocycles. The molecule has 0 heterocycles. The van der Waals surface area contributed by atoms with Gasteiger partial charge >= 0.3 is 0 Å². The maximum absolute atomic E-state index is 13.2. The molecule has 3 N–H and O–H groups in total. The van der Waals surface area contributed by atoms with Gasteiger partial charge in [-0.15, -0.1) is 0 Å². The van der Waals surface area contributed by atoms with E-state index < -0.39 is 11.7 Å². The molecule has 0 atom stereocenters. The zero-order valence-corrected chi connectivity index (χ0v) is 11.2. The molecule has 1 amide bonds. The Balaban J connectivity index is 1.92. The Morgan fingerprint density at radius 1 is 1.30 bits per heavy atom. The van der Waals surface area contributed by atoms with Crippen molar-refractivity contribution in [3.05, 3.63) is 53.3 Å². The van der Waals surface area contributed by atoms with Crippen LogP contribution in [0.15, 0.2) is 42.5 Å². The second-order valence-electron chi connectivity index (χ2n) is 4.00. The van der Waals surface area contributed by atoms with Crippen LogP contribution >= 0.6 is 11.6 Å². The van der Waals surface area contributed by atoms with Crippen LogP contribution in [0.4, 0.5) is 15.8 Å². The van der Waals surface area contributed by atoms with Crippen LogP contribution in [0.5, 0.6) is 5.75 Å². The Labute approximate surface area is 120 Å². The van der Waals surface area contributed by atoms with Gasteiger partial charge in [0.2, 0.25) is 0 Å². The number of nitrogen functional groups attached to an aromatic ring is 1. The molecule has 2 rings (SSSR count). The number of nitrogens with one attached hydrogen (secondary N) is 1. The van der Waals surface area contributed by atoms with Gasteiger partial charge in [-0.2, -0.15) is 0 Å². The number of benzene rings is 2. The van der Waals surface area contributed by atoms with Gasteiger partial charge in [0.25, 0.3) is 5.91 Å². The summed E-state index contributed by atoms with van der Waals surface area (Å²) < 4.78 is 18.3. The summed E-state index contributed by atoms with van der Waals surface area (Å²) in [7, 11) is 0. The fourth-order valence-corrected chi connectivity index (χ4v) is 1.68. The van der Waals surface area contributed by atoms with Crippen LogP contribution in [0.25, 0.3) is 0 Å². The molecule has 2 aromatic carbocycles. The van der Waals surface area contributed by atoms with Crippen molar-refractivity contribution in [1.29, 1.82) is 0 Å². The zero-order chi connectivity index (χ0) is 14.5. The predicted octanol–water partition coefficient (Wildman–Crippen LogP) is 3.08. The lowest BCUT2D eigenvalue weighted by atomic mass is 10.3. The van der Waals surface area contributed by atoms with Crippen molar-refractivity contribution in [2.75, 3.05) is 17.7 Å². The largest absolute Gasteiger partial charge is 0.484 e. The van der Waals surface area contributed by atoms with Crippen LogP contribution in [-0.2, 0) is 4.79 Å². The summed E-state index contributed by atoms with van der Waals surface area (Å²) in [5.41, 5.74) is 5.86. The Bertz CT molecular complexity index is 634. The maximum Gasteiger partial charge on any atom is 0.262 e. The fraction of sp³-hybridized carbons (Fsp3) is 0.0714. The minimum absolute atomic E-state index is 0.0258. The van der Waals surface area contributed by atoms with E-state index in [4.69, 9.17) is 22.1 Å². The predicted molar refractivity (Wildman–Crippen MR) is 76.4 cm³/mol. The summed E-state index contributed by atoms with van der Waals surface area (Å²) in [6, 6.07) is 10.8. The average molecular weight is 295 g/mol. The first kappa shape index (κ1) is 14.1. The van der Waals surface area contributed by atoms with E-state index in [0.717, 1.165) is 6.07 Å². The van der Waals surface area contributed by atoms with Gasteiger partial charge in [-0.3, -0.25) is 4.79 Å². The van der Waals surface area contributed by atoms with E-state index in [1.54, 1.807) is 24.3 Å². The van der Waals surface area contributed by atoms with Crippen molar-refractivity contribution in [2.24, 2.45) is 0 Å². The SMILES string of the molecule is Nc1ccc(OCC(=O)Nc2ccccc2Cl)cc1F. The molecule has 0 spiro atoms. The number of para-hydroxylation sites is 1. The van der Waals surface area contributed by atoms with E-state index in [1.807, 2.05) is 0 Å². The number of rotatable bonds is 4. The highest BCUT2D eigenvalue weighted by molar-refractivity contribution is 6.33. The first-order chi connectivity index (χ1) is 9.56. The highest BCUT2D eigenvalue weighted by Crippen LogP contribution is 2.21. The van der Waals surface area contributed by atoms with Crippen molar-refractivity contribution < 1.29 is 13.9 Å². The van der Waals surface area contributed by atoms with E-state index in [2.05, 4.69) is 5.32 Å². The molecule has 0 unspecified atom stereocenters. The number of nitrogens with two attached hydrogens (primary N) is 1. The number of carbonyl (C=O) groups is 1. The van der Waals surface area contributed by atoms with E-state index in [0.29, 0.717) is 10.7 Å². The molecule has 2 aromatic rings. The van der Waals surface area contributed by atoms with Crippen LogP contribution in [0.1, 0.15) is 0 Å². The van der Waals surface area contributed by atoms with Crippen LogP contribution < -0.4 is 15.8 Å². The highest BCUT2D eigenvalue weighted by atomic mass is 35.5. The van der Waals surface area contributed by atoms with Gasteiger partial charge in [0.05, 0.1) is 16.4 Å². The van der Waals surface area contributed by atoms with Crippen LogP contribution in [0, 0.1) is 5.82 Å². The van der Waals surface area contributed by atoms with Crippen molar-refractivity contribution in [1.82, 2.24) is 0 Å². The van der Waals surface area contributed by atoms with Crippen molar-refractivity contribution in [3.63, 3.8) is 0 Å². The zero-order valence-electron chi connectivity index (χ0n) is 10.4. The molecule has 0 radical (unpaired) electrons. The lowest BCUT2D eigenvalue weighted by Gasteiger charge is -2.09. The smallest absolute Gasteiger partial charge is 0.262 e. The Morgan fingerprint density at radius 2 is 2.05 bits per heavy atom. The number of anilines is 2. The summed E-state index contributed by atoms with van der Waals surface area (Å²) >= 11 is 5.90. The molecule has 0 saturated heterocycles. The first-order valence-electron chi connectivity index (χ1n) is 5.78. The highest BCUT2D eigenvalue weighted by Gasteiger charge is 2.07. The van der Waals surface area contributed by atoms with Gasteiger partial charge in [-0.25, -0.2) is 4.39 Å². The molecular weight excluding hydrogens is 283 g/mol.